The van der Waals surface area contributed by atoms with E-state index in [0.717, 1.165) is 27.7 Å². The summed E-state index contributed by atoms with van der Waals surface area (Å²) in [4.78, 5) is 23.6. The van der Waals surface area contributed by atoms with E-state index in [2.05, 4.69) is 26.6 Å². The SMILES string of the molecule is O=C(Nc1ccc(Br)cc1)Nc1cc(C(F)(F)F)ccc1Oc1ccccc1C(=O)[O-].OC(c1ccccc1)c1ccccc1. The van der Waals surface area contributed by atoms with Gasteiger partial charge in [-0.25, -0.2) is 4.79 Å². The minimum absolute atomic E-state index is 0.154. The van der Waals surface area contributed by atoms with Gasteiger partial charge in [0, 0.05) is 15.7 Å². The standard InChI is InChI=1S/C21H14BrF3N2O4.C13H12O/c22-13-6-8-14(9-7-13)26-20(30)27-16-11-12(21(23,24)25)5-10-18(16)31-17-4-2-1-3-15(17)19(28)29;14-13(11-7-3-1-4-8-11)12-9-5-2-6-10-12/h1-11H,(H,28,29)(H2,26,27,30);1-10,13-14H/p-1. The van der Waals surface area contributed by atoms with Gasteiger partial charge in [0.15, 0.2) is 5.75 Å². The van der Waals surface area contributed by atoms with Gasteiger partial charge in [-0.15, -0.1) is 0 Å². The molecule has 7 nitrogen and oxygen atoms in total. The number of nitrogens with one attached hydrogen (secondary N) is 2. The maximum absolute atomic E-state index is 13.2. The molecule has 230 valence electrons. The Balaban J connectivity index is 0.000000273. The number of aliphatic hydroxyl groups excluding tert-OH is 1. The summed E-state index contributed by atoms with van der Waals surface area (Å²) < 4.78 is 45.8. The molecule has 0 fully saturated rings. The molecule has 11 heteroatoms. The molecule has 0 spiro atoms. The Hall–Kier alpha value is -5.13. The van der Waals surface area contributed by atoms with Crippen molar-refractivity contribution in [3.63, 3.8) is 0 Å². The Bertz CT molecular complexity index is 1700. The molecule has 0 radical (unpaired) electrons. The second-order valence-electron chi connectivity index (χ2n) is 9.40. The first-order valence-corrected chi connectivity index (χ1v) is 14.1. The van der Waals surface area contributed by atoms with E-state index in [1.807, 2.05) is 60.7 Å². The number of rotatable bonds is 7. The van der Waals surface area contributed by atoms with E-state index in [1.54, 1.807) is 24.3 Å². The van der Waals surface area contributed by atoms with Gasteiger partial charge in [0.25, 0.3) is 0 Å². The number of urea groups is 1. The van der Waals surface area contributed by atoms with Gasteiger partial charge in [-0.05, 0) is 65.7 Å². The second-order valence-corrected chi connectivity index (χ2v) is 10.3. The van der Waals surface area contributed by atoms with Crippen LogP contribution in [-0.2, 0) is 6.18 Å². The fraction of sp³-hybridized carbons (Fsp3) is 0.0588. The van der Waals surface area contributed by atoms with Gasteiger partial charge in [-0.1, -0.05) is 88.7 Å². The van der Waals surface area contributed by atoms with Crippen LogP contribution in [0.25, 0.3) is 0 Å². The van der Waals surface area contributed by atoms with Crippen molar-refractivity contribution in [1.29, 1.82) is 0 Å². The first-order valence-electron chi connectivity index (χ1n) is 13.3. The predicted molar refractivity (Wildman–Crippen MR) is 166 cm³/mol. The summed E-state index contributed by atoms with van der Waals surface area (Å²) in [6, 6.07) is 32.9. The highest BCUT2D eigenvalue weighted by atomic mass is 79.9. The molecule has 0 saturated carbocycles. The number of anilines is 2. The van der Waals surface area contributed by atoms with Crippen LogP contribution in [0, 0.1) is 0 Å². The number of carbonyl (C=O) groups is 2. The van der Waals surface area contributed by atoms with Crippen molar-refractivity contribution in [3.05, 3.63) is 154 Å². The Labute approximate surface area is 265 Å². The van der Waals surface area contributed by atoms with Crippen LogP contribution in [0.1, 0.15) is 33.2 Å². The van der Waals surface area contributed by atoms with Crippen LogP contribution < -0.4 is 20.5 Å². The summed E-state index contributed by atoms with van der Waals surface area (Å²) in [6.07, 6.45) is -5.18. The van der Waals surface area contributed by atoms with E-state index < -0.39 is 29.8 Å². The highest BCUT2D eigenvalue weighted by Crippen LogP contribution is 2.37. The van der Waals surface area contributed by atoms with Crippen molar-refractivity contribution in [2.45, 2.75) is 12.3 Å². The van der Waals surface area contributed by atoms with Crippen LogP contribution >= 0.6 is 15.9 Å². The molecular formula is C34H25BrF3N2O5-. The number of para-hydroxylation sites is 1. The third-order valence-electron chi connectivity index (χ3n) is 6.21. The number of ether oxygens (including phenoxy) is 1. The zero-order chi connectivity index (χ0) is 32.4. The largest absolute Gasteiger partial charge is 0.545 e. The molecule has 3 N–H and O–H groups in total. The van der Waals surface area contributed by atoms with E-state index in [4.69, 9.17) is 4.74 Å². The highest BCUT2D eigenvalue weighted by Gasteiger charge is 2.31. The number of aliphatic hydroxyl groups is 1. The van der Waals surface area contributed by atoms with Crippen molar-refractivity contribution in [2.75, 3.05) is 10.6 Å². The number of benzene rings is 5. The summed E-state index contributed by atoms with van der Waals surface area (Å²) in [7, 11) is 0. The first-order chi connectivity index (χ1) is 21.5. The summed E-state index contributed by atoms with van der Waals surface area (Å²) >= 11 is 3.25. The third-order valence-corrected chi connectivity index (χ3v) is 6.74. The Morgan fingerprint density at radius 1 is 0.733 bits per heavy atom. The van der Waals surface area contributed by atoms with Gasteiger partial charge < -0.3 is 30.4 Å². The zero-order valence-corrected chi connectivity index (χ0v) is 24.9. The van der Waals surface area contributed by atoms with E-state index in [-0.39, 0.29) is 22.7 Å². The number of hydrogen-bond donors (Lipinski definition) is 3. The average Bonchev–Trinajstić information content (AvgIpc) is 3.03. The van der Waals surface area contributed by atoms with Crippen LogP contribution in [-0.4, -0.2) is 17.1 Å². The summed E-state index contributed by atoms with van der Waals surface area (Å²) in [5, 5.41) is 26.0. The predicted octanol–water partition coefficient (Wildman–Crippen LogP) is 8.04. The van der Waals surface area contributed by atoms with Crippen molar-refractivity contribution in [2.24, 2.45) is 0 Å². The lowest BCUT2D eigenvalue weighted by Gasteiger charge is -2.17. The molecule has 0 bridgehead atoms. The number of amides is 2. The number of carboxylic acids is 1. The minimum atomic E-state index is -4.67. The van der Waals surface area contributed by atoms with Crippen LogP contribution in [0.15, 0.2) is 132 Å². The topological polar surface area (TPSA) is 111 Å². The van der Waals surface area contributed by atoms with Gasteiger partial charge >= 0.3 is 12.2 Å². The fourth-order valence-electron chi connectivity index (χ4n) is 4.02. The maximum atomic E-state index is 13.2. The molecule has 2 amide bonds. The second kappa shape index (κ2) is 15.0. The molecule has 0 atom stereocenters. The van der Waals surface area contributed by atoms with Crippen LogP contribution in [0.2, 0.25) is 0 Å². The number of halogens is 4. The quantitative estimate of drug-likeness (QED) is 0.162. The van der Waals surface area contributed by atoms with Gasteiger partial charge in [0.05, 0.1) is 17.2 Å². The molecular weight excluding hydrogens is 653 g/mol. The Morgan fingerprint density at radius 3 is 1.84 bits per heavy atom. The van der Waals surface area contributed by atoms with Crippen molar-refractivity contribution in [1.82, 2.24) is 0 Å². The minimum Gasteiger partial charge on any atom is -0.545 e. The number of aromatic carboxylic acids is 1. The lowest BCUT2D eigenvalue weighted by Crippen LogP contribution is -2.23. The van der Waals surface area contributed by atoms with Crippen LogP contribution in [0.4, 0.5) is 29.3 Å². The van der Waals surface area contributed by atoms with Gasteiger partial charge in [-0.2, -0.15) is 13.2 Å². The molecule has 0 aromatic heterocycles. The van der Waals surface area contributed by atoms with Crippen molar-refractivity contribution in [3.8, 4) is 11.5 Å². The van der Waals surface area contributed by atoms with Gasteiger partial charge in [0.1, 0.15) is 11.9 Å². The summed E-state index contributed by atoms with van der Waals surface area (Å²) in [5.41, 5.74) is 0.632. The van der Waals surface area contributed by atoms with Crippen LogP contribution in [0.3, 0.4) is 0 Å². The molecule has 0 aliphatic heterocycles. The number of carbonyl (C=O) groups excluding carboxylic acids is 2. The number of hydrogen-bond acceptors (Lipinski definition) is 5. The van der Waals surface area contributed by atoms with Crippen molar-refractivity contribution >= 4 is 39.3 Å². The molecule has 0 aliphatic carbocycles. The van der Waals surface area contributed by atoms with E-state index >= 15 is 0 Å². The smallest absolute Gasteiger partial charge is 0.416 e. The fourth-order valence-corrected chi connectivity index (χ4v) is 4.28. The lowest BCUT2D eigenvalue weighted by atomic mass is 10.0. The van der Waals surface area contributed by atoms with Gasteiger partial charge in [-0.3, -0.25) is 0 Å². The molecule has 5 aromatic carbocycles. The molecule has 5 rings (SSSR count). The summed E-state index contributed by atoms with van der Waals surface area (Å²) in [6.45, 7) is 0. The van der Waals surface area contributed by atoms with Gasteiger partial charge in [0.2, 0.25) is 0 Å². The van der Waals surface area contributed by atoms with Crippen LogP contribution in [0.5, 0.6) is 11.5 Å². The van der Waals surface area contributed by atoms with Crippen molar-refractivity contribution < 1.29 is 37.7 Å². The highest BCUT2D eigenvalue weighted by molar-refractivity contribution is 9.10. The van der Waals surface area contributed by atoms with E-state index in [0.29, 0.717) is 11.8 Å². The third kappa shape index (κ3) is 9.43. The molecule has 5 aromatic rings. The number of alkyl halides is 3. The van der Waals surface area contributed by atoms with E-state index in [1.165, 1.54) is 24.3 Å². The molecule has 0 heterocycles. The monoisotopic (exact) mass is 677 g/mol. The molecule has 0 saturated heterocycles. The van der Waals surface area contributed by atoms with E-state index in [9.17, 15) is 33.0 Å². The lowest BCUT2D eigenvalue weighted by molar-refractivity contribution is -0.255. The summed E-state index contributed by atoms with van der Waals surface area (Å²) in [5.74, 6) is -1.86. The average molecular weight is 678 g/mol. The number of carboxylic acid groups (broad SMARTS) is 1. The molecule has 0 unspecified atom stereocenters. The Morgan fingerprint density at radius 2 is 1.29 bits per heavy atom. The first kappa shape index (κ1) is 32.8. The molecule has 0 aliphatic rings. The zero-order valence-electron chi connectivity index (χ0n) is 23.3. The maximum Gasteiger partial charge on any atom is 0.416 e. The normalized spacial score (nSPS) is 10.8. The molecule has 45 heavy (non-hydrogen) atoms. The Kier molecular flexibility index (Phi) is 11.0.